The van der Waals surface area contributed by atoms with Crippen LogP contribution in [0.2, 0.25) is 0 Å². The van der Waals surface area contributed by atoms with Gasteiger partial charge in [-0.05, 0) is 95.7 Å². The van der Waals surface area contributed by atoms with E-state index in [0.717, 1.165) is 29.5 Å². The third kappa shape index (κ3) is 5.88. The standard InChI is InChI=1S/C29H38F2O2/c1-28(2,3)23-15-27(33-17-19-7-6-8-19)25(31)13-21(23)16-29(4,5)22-11-12-24(30)26(14-22)32-18-20-9-10-20/h11-15,19-20H,6-10,16-18H2,1-5H3. The van der Waals surface area contributed by atoms with E-state index >= 15 is 4.39 Å². The van der Waals surface area contributed by atoms with Crippen LogP contribution in [0.4, 0.5) is 8.78 Å². The van der Waals surface area contributed by atoms with Crippen molar-refractivity contribution in [3.8, 4) is 11.5 Å². The van der Waals surface area contributed by atoms with Gasteiger partial charge >= 0.3 is 0 Å². The second-order valence-electron chi connectivity index (χ2n) is 11.8. The maximum atomic E-state index is 15.1. The summed E-state index contributed by atoms with van der Waals surface area (Å²) in [5.74, 6) is 1.14. The predicted octanol–water partition coefficient (Wildman–Crippen LogP) is 7.75. The molecule has 2 fully saturated rings. The maximum Gasteiger partial charge on any atom is 0.165 e. The minimum absolute atomic E-state index is 0.158. The van der Waals surface area contributed by atoms with Crippen molar-refractivity contribution in [3.05, 3.63) is 58.7 Å². The summed E-state index contributed by atoms with van der Waals surface area (Å²) in [5.41, 5.74) is 2.56. The first kappa shape index (κ1) is 24.0. The lowest BCUT2D eigenvalue weighted by Gasteiger charge is -2.31. The van der Waals surface area contributed by atoms with Crippen LogP contribution in [0.5, 0.6) is 11.5 Å². The molecule has 0 heterocycles. The normalized spacial score (nSPS) is 17.1. The molecule has 0 aliphatic heterocycles. The molecule has 0 atom stereocenters. The van der Waals surface area contributed by atoms with Gasteiger partial charge in [0.1, 0.15) is 0 Å². The topological polar surface area (TPSA) is 18.5 Å². The molecule has 2 nitrogen and oxygen atoms in total. The second-order valence-corrected chi connectivity index (χ2v) is 11.8. The Morgan fingerprint density at radius 3 is 1.94 bits per heavy atom. The SMILES string of the molecule is CC(C)(C)c1cc(OCC2CCC2)c(F)cc1CC(C)(C)c1ccc(F)c(OCC2CC2)c1. The van der Waals surface area contributed by atoms with Crippen molar-refractivity contribution in [2.45, 2.75) is 84.0 Å². The highest BCUT2D eigenvalue weighted by molar-refractivity contribution is 5.43. The van der Waals surface area contributed by atoms with E-state index in [1.807, 2.05) is 18.2 Å². The third-order valence-electron chi connectivity index (χ3n) is 7.18. The summed E-state index contributed by atoms with van der Waals surface area (Å²) in [6.07, 6.45) is 6.54. The Bertz CT molecular complexity index is 982. The first-order valence-electron chi connectivity index (χ1n) is 12.4. The summed E-state index contributed by atoms with van der Waals surface area (Å²) >= 11 is 0. The van der Waals surface area contributed by atoms with Crippen molar-refractivity contribution in [3.63, 3.8) is 0 Å². The van der Waals surface area contributed by atoms with E-state index in [0.29, 0.717) is 43.0 Å². The second kappa shape index (κ2) is 9.27. The molecule has 2 saturated carbocycles. The molecule has 33 heavy (non-hydrogen) atoms. The molecule has 2 aromatic carbocycles. The molecule has 0 radical (unpaired) electrons. The zero-order chi connectivity index (χ0) is 23.8. The van der Waals surface area contributed by atoms with Crippen molar-refractivity contribution in [2.24, 2.45) is 11.8 Å². The quantitative estimate of drug-likeness (QED) is 0.384. The van der Waals surface area contributed by atoms with E-state index in [9.17, 15) is 4.39 Å². The van der Waals surface area contributed by atoms with Crippen LogP contribution in [-0.4, -0.2) is 13.2 Å². The molecule has 0 unspecified atom stereocenters. The number of hydrogen-bond donors (Lipinski definition) is 0. The lowest BCUT2D eigenvalue weighted by Crippen LogP contribution is -2.25. The van der Waals surface area contributed by atoms with Gasteiger partial charge in [0.2, 0.25) is 0 Å². The monoisotopic (exact) mass is 456 g/mol. The predicted molar refractivity (Wildman–Crippen MR) is 129 cm³/mol. The molecule has 0 bridgehead atoms. The van der Waals surface area contributed by atoms with E-state index in [1.165, 1.54) is 25.3 Å². The number of halogens is 2. The van der Waals surface area contributed by atoms with E-state index in [1.54, 1.807) is 6.07 Å². The van der Waals surface area contributed by atoms with Gasteiger partial charge in [-0.2, -0.15) is 0 Å². The molecule has 2 aliphatic rings. The first-order valence-corrected chi connectivity index (χ1v) is 12.4. The summed E-state index contributed by atoms with van der Waals surface area (Å²) in [7, 11) is 0. The lowest BCUT2D eigenvalue weighted by atomic mass is 9.74. The Morgan fingerprint density at radius 2 is 1.39 bits per heavy atom. The van der Waals surface area contributed by atoms with Gasteiger partial charge in [0.05, 0.1) is 13.2 Å². The fourth-order valence-corrected chi connectivity index (χ4v) is 4.52. The molecule has 4 heteroatoms. The Balaban J connectivity index is 1.58. The van der Waals surface area contributed by atoms with Crippen molar-refractivity contribution < 1.29 is 18.3 Å². The molecule has 0 saturated heterocycles. The molecule has 4 rings (SSSR count). The van der Waals surface area contributed by atoms with Crippen molar-refractivity contribution in [1.29, 1.82) is 0 Å². The zero-order valence-corrected chi connectivity index (χ0v) is 20.8. The highest BCUT2D eigenvalue weighted by atomic mass is 19.1. The first-order chi connectivity index (χ1) is 15.5. The van der Waals surface area contributed by atoms with Crippen molar-refractivity contribution in [2.75, 3.05) is 13.2 Å². The van der Waals surface area contributed by atoms with Gasteiger partial charge in [0, 0.05) is 0 Å². The molecular formula is C29H38F2O2. The fraction of sp³-hybridized carbons (Fsp3) is 0.586. The zero-order valence-electron chi connectivity index (χ0n) is 20.8. The van der Waals surface area contributed by atoms with Crippen LogP contribution in [0, 0.1) is 23.5 Å². The molecule has 180 valence electrons. The highest BCUT2D eigenvalue weighted by Gasteiger charge is 2.29. The van der Waals surface area contributed by atoms with Gasteiger partial charge in [-0.25, -0.2) is 8.78 Å². The van der Waals surface area contributed by atoms with Crippen molar-refractivity contribution in [1.82, 2.24) is 0 Å². The molecule has 0 amide bonds. The molecule has 2 aromatic rings. The van der Waals surface area contributed by atoms with Crippen LogP contribution in [0.25, 0.3) is 0 Å². The van der Waals surface area contributed by atoms with Crippen LogP contribution in [0.1, 0.15) is 83.4 Å². The number of ether oxygens (including phenoxy) is 2. The Hall–Kier alpha value is -2.10. The molecular weight excluding hydrogens is 418 g/mol. The van der Waals surface area contributed by atoms with Crippen molar-refractivity contribution >= 4 is 0 Å². The molecule has 0 aromatic heterocycles. The van der Waals surface area contributed by atoms with Crippen LogP contribution in [-0.2, 0) is 17.3 Å². The summed E-state index contributed by atoms with van der Waals surface area (Å²) in [5, 5.41) is 0. The van der Waals surface area contributed by atoms with Gasteiger partial charge in [-0.3, -0.25) is 0 Å². The van der Waals surface area contributed by atoms with Gasteiger partial charge in [0.25, 0.3) is 0 Å². The van der Waals surface area contributed by atoms with E-state index in [4.69, 9.17) is 9.47 Å². The van der Waals surface area contributed by atoms with Gasteiger partial charge in [-0.15, -0.1) is 0 Å². The fourth-order valence-electron chi connectivity index (χ4n) is 4.52. The van der Waals surface area contributed by atoms with Gasteiger partial charge in [0.15, 0.2) is 23.1 Å². The summed E-state index contributed by atoms with van der Waals surface area (Å²) < 4.78 is 41.1. The Morgan fingerprint density at radius 1 is 0.788 bits per heavy atom. The van der Waals surface area contributed by atoms with Crippen LogP contribution in [0.3, 0.4) is 0 Å². The number of hydrogen-bond acceptors (Lipinski definition) is 2. The largest absolute Gasteiger partial charge is 0.490 e. The maximum absolute atomic E-state index is 15.1. The minimum atomic E-state index is -0.329. The van der Waals surface area contributed by atoms with Gasteiger partial charge < -0.3 is 9.47 Å². The van der Waals surface area contributed by atoms with Crippen LogP contribution < -0.4 is 9.47 Å². The van der Waals surface area contributed by atoms with E-state index in [2.05, 4.69) is 34.6 Å². The third-order valence-corrected chi connectivity index (χ3v) is 7.18. The average Bonchev–Trinajstić information content (AvgIpc) is 3.50. The van der Waals surface area contributed by atoms with E-state index in [-0.39, 0.29) is 22.5 Å². The molecule has 0 N–H and O–H groups in total. The smallest absolute Gasteiger partial charge is 0.165 e. The summed E-state index contributed by atoms with van der Waals surface area (Å²) in [6.45, 7) is 11.8. The van der Waals surface area contributed by atoms with E-state index < -0.39 is 0 Å². The number of benzene rings is 2. The Labute approximate surface area is 197 Å². The summed E-state index contributed by atoms with van der Waals surface area (Å²) in [6, 6.07) is 8.67. The minimum Gasteiger partial charge on any atom is -0.490 e. The molecule has 0 spiro atoms. The highest BCUT2D eigenvalue weighted by Crippen LogP contribution is 2.38. The summed E-state index contributed by atoms with van der Waals surface area (Å²) in [4.78, 5) is 0. The number of rotatable bonds is 9. The average molecular weight is 457 g/mol. The Kier molecular flexibility index (Phi) is 6.75. The van der Waals surface area contributed by atoms with Gasteiger partial charge in [-0.1, -0.05) is 47.1 Å². The van der Waals surface area contributed by atoms with Crippen LogP contribution in [0.15, 0.2) is 30.3 Å². The lowest BCUT2D eigenvalue weighted by molar-refractivity contribution is 0.175. The van der Waals surface area contributed by atoms with Crippen LogP contribution >= 0.6 is 0 Å². The molecule has 2 aliphatic carbocycles.